The van der Waals surface area contributed by atoms with Crippen LogP contribution in [0.5, 0.6) is 0 Å². The lowest BCUT2D eigenvalue weighted by Crippen LogP contribution is -2.47. The molecule has 2 atom stereocenters. The van der Waals surface area contributed by atoms with Crippen LogP contribution < -0.4 is 5.32 Å². The lowest BCUT2D eigenvalue weighted by molar-refractivity contribution is 0.0823. The Morgan fingerprint density at radius 1 is 1.00 bits per heavy atom. The van der Waals surface area contributed by atoms with Crippen molar-refractivity contribution in [1.82, 2.24) is 5.32 Å². The second-order valence-electron chi connectivity index (χ2n) is 5.58. The first-order valence-corrected chi connectivity index (χ1v) is 7.34. The van der Waals surface area contributed by atoms with Gasteiger partial charge in [-0.3, -0.25) is 0 Å². The van der Waals surface area contributed by atoms with Crippen molar-refractivity contribution in [2.24, 2.45) is 0 Å². The lowest BCUT2D eigenvalue weighted by atomic mass is 9.86. The predicted octanol–water partition coefficient (Wildman–Crippen LogP) is 3.22. The summed E-state index contributed by atoms with van der Waals surface area (Å²) in [7, 11) is 0. The zero-order valence-electron chi connectivity index (χ0n) is 11.6. The van der Waals surface area contributed by atoms with Gasteiger partial charge in [-0.05, 0) is 30.4 Å². The van der Waals surface area contributed by atoms with E-state index in [0.29, 0.717) is 0 Å². The molecule has 0 heterocycles. The molecule has 0 amide bonds. The second kappa shape index (κ2) is 5.78. The summed E-state index contributed by atoms with van der Waals surface area (Å²) in [4.78, 5) is 0. The fourth-order valence-corrected chi connectivity index (χ4v) is 3.22. The molecule has 3 rings (SSSR count). The zero-order chi connectivity index (χ0) is 13.8. The molecule has 1 saturated carbocycles. The summed E-state index contributed by atoms with van der Waals surface area (Å²) in [5, 5.41) is 14.1. The summed E-state index contributed by atoms with van der Waals surface area (Å²) in [5.74, 6) is 0. The van der Waals surface area contributed by atoms with Crippen molar-refractivity contribution in [3.8, 4) is 0 Å². The van der Waals surface area contributed by atoms with E-state index in [9.17, 15) is 5.11 Å². The maximum absolute atomic E-state index is 10.5. The Morgan fingerprint density at radius 3 is 2.25 bits per heavy atom. The van der Waals surface area contributed by atoms with Gasteiger partial charge in [0.05, 0.1) is 11.6 Å². The van der Waals surface area contributed by atoms with E-state index in [4.69, 9.17) is 0 Å². The molecule has 0 saturated heterocycles. The fourth-order valence-electron chi connectivity index (χ4n) is 3.22. The van der Waals surface area contributed by atoms with Crippen molar-refractivity contribution in [3.63, 3.8) is 0 Å². The first kappa shape index (κ1) is 13.3. The van der Waals surface area contributed by atoms with Crippen LogP contribution in [0.4, 0.5) is 0 Å². The molecule has 2 N–H and O–H groups in total. The van der Waals surface area contributed by atoms with Crippen LogP contribution in [0.3, 0.4) is 0 Å². The summed E-state index contributed by atoms with van der Waals surface area (Å²) >= 11 is 0. The SMILES string of the molecule is OC1CCCC1(NCc1ccccc1)c1ccccc1. The highest BCUT2D eigenvalue weighted by atomic mass is 16.3. The molecule has 104 valence electrons. The Balaban J connectivity index is 1.84. The third-order valence-electron chi connectivity index (χ3n) is 4.36. The Bertz CT molecular complexity index is 540. The summed E-state index contributed by atoms with van der Waals surface area (Å²) in [6, 6.07) is 20.7. The second-order valence-corrected chi connectivity index (χ2v) is 5.58. The summed E-state index contributed by atoms with van der Waals surface area (Å²) in [6.07, 6.45) is 2.62. The third-order valence-corrected chi connectivity index (χ3v) is 4.36. The molecule has 0 radical (unpaired) electrons. The smallest absolute Gasteiger partial charge is 0.0763 e. The normalized spacial score (nSPS) is 25.8. The van der Waals surface area contributed by atoms with Crippen LogP contribution in [0.1, 0.15) is 30.4 Å². The summed E-state index contributed by atoms with van der Waals surface area (Å²) in [6.45, 7) is 0.785. The molecule has 20 heavy (non-hydrogen) atoms. The number of hydrogen-bond donors (Lipinski definition) is 2. The molecule has 2 aromatic rings. The number of benzene rings is 2. The van der Waals surface area contributed by atoms with E-state index < -0.39 is 0 Å². The van der Waals surface area contributed by atoms with Crippen molar-refractivity contribution < 1.29 is 5.11 Å². The number of hydrogen-bond acceptors (Lipinski definition) is 2. The van der Waals surface area contributed by atoms with Gasteiger partial charge < -0.3 is 10.4 Å². The molecule has 1 fully saturated rings. The first-order chi connectivity index (χ1) is 9.81. The van der Waals surface area contributed by atoms with Gasteiger partial charge in [0.15, 0.2) is 0 Å². The van der Waals surface area contributed by atoms with Crippen molar-refractivity contribution in [2.45, 2.75) is 37.5 Å². The number of aliphatic hydroxyl groups is 1. The van der Waals surface area contributed by atoms with E-state index in [1.54, 1.807) is 0 Å². The average Bonchev–Trinajstić information content (AvgIpc) is 2.89. The highest BCUT2D eigenvalue weighted by molar-refractivity contribution is 5.28. The molecule has 1 aliphatic carbocycles. The molecule has 2 heteroatoms. The molecule has 0 aromatic heterocycles. The monoisotopic (exact) mass is 267 g/mol. The minimum absolute atomic E-state index is 0.295. The van der Waals surface area contributed by atoms with E-state index >= 15 is 0 Å². The predicted molar refractivity (Wildman–Crippen MR) is 81.3 cm³/mol. The van der Waals surface area contributed by atoms with E-state index in [1.165, 1.54) is 11.1 Å². The van der Waals surface area contributed by atoms with Gasteiger partial charge in [-0.1, -0.05) is 60.7 Å². The molecule has 2 nitrogen and oxygen atoms in total. The number of aliphatic hydroxyl groups excluding tert-OH is 1. The molecule has 2 aromatic carbocycles. The molecular weight excluding hydrogens is 246 g/mol. The quantitative estimate of drug-likeness (QED) is 0.891. The Kier molecular flexibility index (Phi) is 3.86. The molecule has 0 bridgehead atoms. The van der Waals surface area contributed by atoms with Crippen molar-refractivity contribution in [3.05, 3.63) is 71.8 Å². The van der Waals surface area contributed by atoms with Crippen LogP contribution >= 0.6 is 0 Å². The molecular formula is C18H21NO. The van der Waals surface area contributed by atoms with Crippen molar-refractivity contribution in [1.29, 1.82) is 0 Å². The van der Waals surface area contributed by atoms with Crippen LogP contribution in [-0.2, 0) is 12.1 Å². The van der Waals surface area contributed by atoms with Gasteiger partial charge in [-0.25, -0.2) is 0 Å². The van der Waals surface area contributed by atoms with Gasteiger partial charge >= 0.3 is 0 Å². The minimum Gasteiger partial charge on any atom is -0.391 e. The number of nitrogens with one attached hydrogen (secondary N) is 1. The largest absolute Gasteiger partial charge is 0.391 e. The van der Waals surface area contributed by atoms with Gasteiger partial charge in [0.2, 0.25) is 0 Å². The Hall–Kier alpha value is -1.64. The lowest BCUT2D eigenvalue weighted by Gasteiger charge is -2.35. The van der Waals surface area contributed by atoms with Crippen molar-refractivity contribution >= 4 is 0 Å². The van der Waals surface area contributed by atoms with E-state index in [-0.39, 0.29) is 11.6 Å². The Labute approximate surface area is 120 Å². The maximum atomic E-state index is 10.5. The van der Waals surface area contributed by atoms with Gasteiger partial charge in [0.1, 0.15) is 0 Å². The average molecular weight is 267 g/mol. The zero-order valence-corrected chi connectivity index (χ0v) is 11.6. The maximum Gasteiger partial charge on any atom is 0.0763 e. The third kappa shape index (κ3) is 2.49. The van der Waals surface area contributed by atoms with Crippen LogP contribution in [0.2, 0.25) is 0 Å². The fraction of sp³-hybridized carbons (Fsp3) is 0.333. The highest BCUT2D eigenvalue weighted by Gasteiger charge is 2.42. The molecule has 0 aliphatic heterocycles. The molecule has 0 spiro atoms. The summed E-state index contributed by atoms with van der Waals surface area (Å²) < 4.78 is 0. The number of rotatable bonds is 4. The van der Waals surface area contributed by atoms with Gasteiger partial charge in [0, 0.05) is 6.54 Å². The van der Waals surface area contributed by atoms with Gasteiger partial charge in [-0.15, -0.1) is 0 Å². The standard InChI is InChI=1S/C18H21NO/c20-17-12-7-13-18(17,16-10-5-2-6-11-16)19-14-15-8-3-1-4-9-15/h1-6,8-11,17,19-20H,7,12-14H2. The van der Waals surface area contributed by atoms with Crippen LogP contribution in [0.25, 0.3) is 0 Å². The highest BCUT2D eigenvalue weighted by Crippen LogP contribution is 2.39. The van der Waals surface area contributed by atoms with Crippen LogP contribution in [-0.4, -0.2) is 11.2 Å². The van der Waals surface area contributed by atoms with Crippen LogP contribution in [0.15, 0.2) is 60.7 Å². The topological polar surface area (TPSA) is 32.3 Å². The summed E-state index contributed by atoms with van der Waals surface area (Å²) in [5.41, 5.74) is 2.15. The Morgan fingerprint density at radius 2 is 1.65 bits per heavy atom. The van der Waals surface area contributed by atoms with E-state index in [2.05, 4.69) is 41.7 Å². The van der Waals surface area contributed by atoms with E-state index in [0.717, 1.165) is 25.8 Å². The molecule has 2 unspecified atom stereocenters. The minimum atomic E-state index is -0.311. The van der Waals surface area contributed by atoms with Gasteiger partial charge in [-0.2, -0.15) is 0 Å². The van der Waals surface area contributed by atoms with Crippen molar-refractivity contribution in [2.75, 3.05) is 0 Å². The first-order valence-electron chi connectivity index (χ1n) is 7.34. The molecule has 1 aliphatic rings. The van der Waals surface area contributed by atoms with Gasteiger partial charge in [0.25, 0.3) is 0 Å². The van der Waals surface area contributed by atoms with Crippen LogP contribution in [0, 0.1) is 0 Å². The van der Waals surface area contributed by atoms with E-state index in [1.807, 2.05) is 24.3 Å².